The Morgan fingerprint density at radius 1 is 0.783 bits per heavy atom. The minimum absolute atomic E-state index is 0.413. The maximum atomic E-state index is 5.90. The molecule has 0 radical (unpaired) electrons. The summed E-state index contributed by atoms with van der Waals surface area (Å²) >= 11 is 0. The summed E-state index contributed by atoms with van der Waals surface area (Å²) < 4.78 is 11.1. The molecule has 0 aromatic rings. The zero-order valence-electron chi connectivity index (χ0n) is 16.0. The molecule has 1 heterocycles. The lowest BCUT2D eigenvalue weighted by Gasteiger charge is -2.15. The fourth-order valence-corrected chi connectivity index (χ4v) is 3.20. The summed E-state index contributed by atoms with van der Waals surface area (Å²) in [7, 11) is 0. The van der Waals surface area contributed by atoms with E-state index < -0.39 is 0 Å². The Hall–Kier alpha value is -0.0800. The van der Waals surface area contributed by atoms with E-state index in [1.54, 1.807) is 0 Å². The first-order chi connectivity index (χ1) is 11.4. The molecule has 0 bridgehead atoms. The highest BCUT2D eigenvalue weighted by molar-refractivity contribution is 4.69. The average Bonchev–Trinajstić information content (AvgIpc) is 3.39. The Morgan fingerprint density at radius 3 is 1.70 bits per heavy atom. The molecule has 0 aliphatic carbocycles. The highest BCUT2D eigenvalue weighted by atomic mass is 16.6. The molecule has 2 heteroatoms. The predicted molar refractivity (Wildman–Crippen MR) is 100 cm³/mol. The predicted octanol–water partition coefficient (Wildman–Crippen LogP) is 6.66. The van der Waals surface area contributed by atoms with Crippen molar-refractivity contribution in [2.24, 2.45) is 0 Å². The second-order valence-electron chi connectivity index (χ2n) is 7.35. The summed E-state index contributed by atoms with van der Waals surface area (Å²) in [5.74, 6) is 0. The number of unbranched alkanes of at least 4 members (excludes halogenated alkanes) is 12. The molecule has 2 unspecified atom stereocenters. The summed E-state index contributed by atoms with van der Waals surface area (Å²) in [5.41, 5.74) is 0. The smallest absolute Gasteiger partial charge is 0.104 e. The summed E-state index contributed by atoms with van der Waals surface area (Å²) in [6, 6.07) is 0. The van der Waals surface area contributed by atoms with E-state index in [1.165, 1.54) is 89.9 Å². The van der Waals surface area contributed by atoms with Gasteiger partial charge in [0.25, 0.3) is 0 Å². The van der Waals surface area contributed by atoms with Crippen molar-refractivity contribution < 1.29 is 9.47 Å². The Balaban J connectivity index is 1.73. The van der Waals surface area contributed by atoms with Crippen molar-refractivity contribution in [3.63, 3.8) is 0 Å². The second-order valence-corrected chi connectivity index (χ2v) is 7.35. The van der Waals surface area contributed by atoms with Gasteiger partial charge in [-0.05, 0) is 12.8 Å². The molecule has 0 spiro atoms. The number of epoxide rings is 1. The van der Waals surface area contributed by atoms with E-state index in [-0.39, 0.29) is 0 Å². The minimum Gasteiger partial charge on any atom is -0.375 e. The first-order valence-corrected chi connectivity index (χ1v) is 10.6. The molecule has 1 fully saturated rings. The van der Waals surface area contributed by atoms with Crippen LogP contribution in [0.2, 0.25) is 0 Å². The van der Waals surface area contributed by atoms with Gasteiger partial charge in [-0.3, -0.25) is 0 Å². The third kappa shape index (κ3) is 14.0. The summed E-state index contributed by atoms with van der Waals surface area (Å²) in [4.78, 5) is 0. The molecule has 1 rings (SSSR count). The van der Waals surface area contributed by atoms with Crippen molar-refractivity contribution in [2.75, 3.05) is 13.2 Å². The van der Waals surface area contributed by atoms with Crippen molar-refractivity contribution >= 4 is 0 Å². The fourth-order valence-electron chi connectivity index (χ4n) is 3.20. The van der Waals surface area contributed by atoms with Gasteiger partial charge in [0, 0.05) is 0 Å². The van der Waals surface area contributed by atoms with Gasteiger partial charge >= 0.3 is 0 Å². The summed E-state index contributed by atoms with van der Waals surface area (Å²) in [6.45, 7) is 6.26. The zero-order chi connectivity index (χ0) is 16.6. The summed E-state index contributed by atoms with van der Waals surface area (Å²) in [5, 5.41) is 0. The Bertz CT molecular complexity index is 238. The van der Waals surface area contributed by atoms with E-state index in [0.717, 1.165) is 19.6 Å². The third-order valence-corrected chi connectivity index (χ3v) is 5.01. The molecule has 2 atom stereocenters. The van der Waals surface area contributed by atoms with Crippen LogP contribution >= 0.6 is 0 Å². The van der Waals surface area contributed by atoms with Crippen LogP contribution in [0.15, 0.2) is 0 Å². The lowest BCUT2D eigenvalue weighted by molar-refractivity contribution is 0.0334. The van der Waals surface area contributed by atoms with Crippen LogP contribution in [0, 0.1) is 0 Å². The van der Waals surface area contributed by atoms with E-state index in [0.29, 0.717) is 12.2 Å². The highest BCUT2D eigenvalue weighted by Crippen LogP contribution is 2.16. The van der Waals surface area contributed by atoms with Crippen molar-refractivity contribution in [1.29, 1.82) is 0 Å². The van der Waals surface area contributed by atoms with Crippen LogP contribution in [0.3, 0.4) is 0 Å². The van der Waals surface area contributed by atoms with Crippen LogP contribution in [0.1, 0.15) is 110 Å². The largest absolute Gasteiger partial charge is 0.375 e. The Morgan fingerprint density at radius 2 is 1.26 bits per heavy atom. The van der Waals surface area contributed by atoms with Crippen molar-refractivity contribution in [2.45, 2.75) is 122 Å². The normalized spacial score (nSPS) is 18.3. The van der Waals surface area contributed by atoms with Gasteiger partial charge in [-0.25, -0.2) is 0 Å². The maximum Gasteiger partial charge on any atom is 0.104 e. The number of hydrogen-bond donors (Lipinski definition) is 0. The minimum atomic E-state index is 0.413. The third-order valence-electron chi connectivity index (χ3n) is 5.01. The van der Waals surface area contributed by atoms with Crippen molar-refractivity contribution in [3.8, 4) is 0 Å². The number of hydrogen-bond acceptors (Lipinski definition) is 2. The van der Waals surface area contributed by atoms with Crippen LogP contribution in [-0.4, -0.2) is 25.4 Å². The van der Waals surface area contributed by atoms with Gasteiger partial charge in [0.2, 0.25) is 0 Å². The van der Waals surface area contributed by atoms with E-state index in [2.05, 4.69) is 13.8 Å². The molecule has 0 N–H and O–H groups in total. The molecule has 0 aromatic heterocycles. The van der Waals surface area contributed by atoms with Crippen LogP contribution in [0.5, 0.6) is 0 Å². The van der Waals surface area contributed by atoms with E-state index in [1.807, 2.05) is 0 Å². The van der Waals surface area contributed by atoms with Crippen LogP contribution in [-0.2, 0) is 9.47 Å². The molecular weight excluding hydrogens is 284 g/mol. The number of ether oxygens (including phenoxy) is 2. The van der Waals surface area contributed by atoms with Crippen molar-refractivity contribution in [1.82, 2.24) is 0 Å². The van der Waals surface area contributed by atoms with Gasteiger partial charge in [-0.2, -0.15) is 0 Å². The Kier molecular flexibility index (Phi) is 14.1. The first kappa shape index (κ1) is 21.0. The highest BCUT2D eigenvalue weighted by Gasteiger charge is 2.23. The van der Waals surface area contributed by atoms with Crippen LogP contribution in [0.4, 0.5) is 0 Å². The number of rotatable bonds is 18. The maximum absolute atomic E-state index is 5.90. The monoisotopic (exact) mass is 326 g/mol. The standard InChI is InChI=1S/C21H42O2/c1-3-5-6-7-8-9-10-11-12-13-14-15-16-17-20(4-2)22-18-21-19-23-21/h20-21H,3-19H2,1-2H3. The lowest BCUT2D eigenvalue weighted by atomic mass is 10.0. The van der Waals surface area contributed by atoms with E-state index in [4.69, 9.17) is 9.47 Å². The van der Waals surface area contributed by atoms with Gasteiger partial charge in [-0.1, -0.05) is 97.3 Å². The molecule has 138 valence electrons. The van der Waals surface area contributed by atoms with E-state index in [9.17, 15) is 0 Å². The van der Waals surface area contributed by atoms with Gasteiger partial charge in [0.1, 0.15) is 6.10 Å². The zero-order valence-corrected chi connectivity index (χ0v) is 16.0. The fraction of sp³-hybridized carbons (Fsp3) is 1.00. The van der Waals surface area contributed by atoms with Crippen molar-refractivity contribution in [3.05, 3.63) is 0 Å². The van der Waals surface area contributed by atoms with Gasteiger partial charge < -0.3 is 9.47 Å². The Labute approximate surface area is 145 Å². The molecule has 23 heavy (non-hydrogen) atoms. The average molecular weight is 327 g/mol. The molecule has 0 amide bonds. The summed E-state index contributed by atoms with van der Waals surface area (Å²) in [6.07, 6.45) is 21.8. The quantitative estimate of drug-likeness (QED) is 0.207. The molecule has 1 aliphatic heterocycles. The second kappa shape index (κ2) is 15.4. The van der Waals surface area contributed by atoms with Gasteiger partial charge in [0.15, 0.2) is 0 Å². The van der Waals surface area contributed by atoms with E-state index >= 15 is 0 Å². The molecule has 0 aromatic carbocycles. The SMILES string of the molecule is CCCCCCCCCCCCCCCC(CC)OCC1CO1. The molecule has 0 saturated carbocycles. The molecular formula is C21H42O2. The molecule has 2 nitrogen and oxygen atoms in total. The van der Waals surface area contributed by atoms with Gasteiger partial charge in [-0.15, -0.1) is 0 Å². The van der Waals surface area contributed by atoms with Crippen LogP contribution < -0.4 is 0 Å². The molecule has 1 saturated heterocycles. The molecule has 1 aliphatic rings. The lowest BCUT2D eigenvalue weighted by Crippen LogP contribution is -2.15. The van der Waals surface area contributed by atoms with Gasteiger partial charge in [0.05, 0.1) is 19.3 Å². The topological polar surface area (TPSA) is 21.8 Å². The first-order valence-electron chi connectivity index (χ1n) is 10.6. The van der Waals surface area contributed by atoms with Crippen LogP contribution in [0.25, 0.3) is 0 Å².